The first kappa shape index (κ1) is 18.0. The molecule has 126 valence electrons. The Morgan fingerprint density at radius 1 is 1.21 bits per heavy atom. The van der Waals surface area contributed by atoms with E-state index in [1.807, 2.05) is 37.3 Å². The highest BCUT2D eigenvalue weighted by atomic mass is 79.9. The summed E-state index contributed by atoms with van der Waals surface area (Å²) in [4.78, 5) is 23.4. The third-order valence-corrected chi connectivity index (χ3v) is 3.98. The van der Waals surface area contributed by atoms with Gasteiger partial charge in [-0.2, -0.15) is 0 Å². The fraction of sp³-hybridized carbons (Fsp3) is 0.176. The van der Waals surface area contributed by atoms with E-state index in [4.69, 9.17) is 10.6 Å². The molecule has 0 spiro atoms. The number of nitrogens with one attached hydrogen (secondary N) is 2. The number of ether oxygens (including phenoxy) is 1. The number of halogens is 1. The summed E-state index contributed by atoms with van der Waals surface area (Å²) in [7, 11) is 0. The maximum Gasteiger partial charge on any atom is 0.265 e. The molecule has 2 aromatic rings. The molecule has 7 heteroatoms. The van der Waals surface area contributed by atoms with Gasteiger partial charge in [0.25, 0.3) is 11.8 Å². The van der Waals surface area contributed by atoms with E-state index in [2.05, 4.69) is 26.7 Å². The van der Waals surface area contributed by atoms with E-state index in [0.29, 0.717) is 15.8 Å². The maximum atomic E-state index is 12.0. The molecule has 0 saturated carbocycles. The second kappa shape index (κ2) is 8.47. The summed E-state index contributed by atoms with van der Waals surface area (Å²) >= 11 is 3.30. The van der Waals surface area contributed by atoms with Crippen molar-refractivity contribution in [2.24, 2.45) is 5.84 Å². The van der Waals surface area contributed by atoms with Crippen molar-refractivity contribution in [3.05, 3.63) is 64.1 Å². The number of hydrogen-bond acceptors (Lipinski definition) is 4. The first-order chi connectivity index (χ1) is 11.5. The highest BCUT2D eigenvalue weighted by Gasteiger charge is 2.12. The number of carbonyl (C=O) groups is 2. The molecule has 0 fully saturated rings. The van der Waals surface area contributed by atoms with Crippen LogP contribution in [0.3, 0.4) is 0 Å². The third kappa shape index (κ3) is 4.81. The first-order valence-electron chi connectivity index (χ1n) is 7.29. The summed E-state index contributed by atoms with van der Waals surface area (Å²) in [6.45, 7) is 1.78. The standard InChI is InChI=1S/C17H18BrN3O3/c1-11(12-5-3-2-4-6-12)20-16(22)10-24-15-8-7-13(9-14(15)18)17(23)21-19/h2-9,11H,10,19H2,1H3,(H,20,22)(H,21,23). The van der Waals surface area contributed by atoms with E-state index in [-0.39, 0.29) is 18.6 Å². The summed E-state index contributed by atoms with van der Waals surface area (Å²) in [6.07, 6.45) is 0. The van der Waals surface area contributed by atoms with Crippen molar-refractivity contribution in [2.45, 2.75) is 13.0 Å². The zero-order valence-corrected chi connectivity index (χ0v) is 14.7. The van der Waals surface area contributed by atoms with Crippen molar-refractivity contribution in [2.75, 3.05) is 6.61 Å². The lowest BCUT2D eigenvalue weighted by Crippen LogP contribution is -2.31. The van der Waals surface area contributed by atoms with Crippen LogP contribution < -0.4 is 21.3 Å². The largest absolute Gasteiger partial charge is 0.483 e. The van der Waals surface area contributed by atoms with E-state index in [9.17, 15) is 9.59 Å². The van der Waals surface area contributed by atoms with Crippen LogP contribution in [0, 0.1) is 0 Å². The molecule has 2 amide bonds. The summed E-state index contributed by atoms with van der Waals surface area (Å²) in [6, 6.07) is 14.3. The van der Waals surface area contributed by atoms with Gasteiger partial charge in [0.1, 0.15) is 5.75 Å². The maximum absolute atomic E-state index is 12.0. The molecule has 1 atom stereocenters. The van der Waals surface area contributed by atoms with Gasteiger partial charge < -0.3 is 10.1 Å². The van der Waals surface area contributed by atoms with Crippen LogP contribution in [-0.2, 0) is 4.79 Å². The lowest BCUT2D eigenvalue weighted by molar-refractivity contribution is -0.123. The minimum Gasteiger partial charge on any atom is -0.483 e. The monoisotopic (exact) mass is 391 g/mol. The zero-order valence-electron chi connectivity index (χ0n) is 13.1. The van der Waals surface area contributed by atoms with Crippen molar-refractivity contribution >= 4 is 27.7 Å². The smallest absolute Gasteiger partial charge is 0.265 e. The lowest BCUT2D eigenvalue weighted by atomic mass is 10.1. The Kier molecular flexibility index (Phi) is 6.34. The van der Waals surface area contributed by atoms with Crippen molar-refractivity contribution in [3.63, 3.8) is 0 Å². The number of benzene rings is 2. The molecule has 1 unspecified atom stereocenters. The van der Waals surface area contributed by atoms with Crippen LogP contribution in [0.1, 0.15) is 28.9 Å². The predicted molar refractivity (Wildman–Crippen MR) is 94.3 cm³/mol. The van der Waals surface area contributed by atoms with Crippen LogP contribution >= 0.6 is 15.9 Å². The van der Waals surface area contributed by atoms with Crippen LogP contribution in [0.25, 0.3) is 0 Å². The normalized spacial score (nSPS) is 11.5. The molecule has 0 radical (unpaired) electrons. The number of amides is 2. The van der Waals surface area contributed by atoms with Gasteiger partial charge in [-0.05, 0) is 46.6 Å². The third-order valence-electron chi connectivity index (χ3n) is 3.36. The number of hydrogen-bond donors (Lipinski definition) is 3. The van der Waals surface area contributed by atoms with Crippen LogP contribution in [0.4, 0.5) is 0 Å². The molecule has 0 aliphatic rings. The Balaban J connectivity index is 1.91. The molecule has 2 rings (SSSR count). The topological polar surface area (TPSA) is 93.4 Å². The van der Waals surface area contributed by atoms with Gasteiger partial charge in [-0.3, -0.25) is 15.0 Å². The molecular formula is C17H18BrN3O3. The van der Waals surface area contributed by atoms with Crippen molar-refractivity contribution < 1.29 is 14.3 Å². The Morgan fingerprint density at radius 2 is 1.92 bits per heavy atom. The Morgan fingerprint density at radius 3 is 2.54 bits per heavy atom. The van der Waals surface area contributed by atoms with Gasteiger partial charge in [-0.1, -0.05) is 30.3 Å². The molecule has 0 aromatic heterocycles. The van der Waals surface area contributed by atoms with Gasteiger partial charge in [-0.25, -0.2) is 5.84 Å². The van der Waals surface area contributed by atoms with Crippen molar-refractivity contribution in [3.8, 4) is 5.75 Å². The van der Waals surface area contributed by atoms with E-state index in [0.717, 1.165) is 5.56 Å². The molecule has 0 aliphatic heterocycles. The summed E-state index contributed by atoms with van der Waals surface area (Å²) in [5.74, 6) is 4.91. The molecule has 4 N–H and O–H groups in total. The number of rotatable bonds is 6. The highest BCUT2D eigenvalue weighted by Crippen LogP contribution is 2.26. The van der Waals surface area contributed by atoms with Gasteiger partial charge in [0.05, 0.1) is 10.5 Å². The van der Waals surface area contributed by atoms with Gasteiger partial charge in [0, 0.05) is 5.56 Å². The quantitative estimate of drug-likeness (QED) is 0.400. The molecule has 0 aliphatic carbocycles. The highest BCUT2D eigenvalue weighted by molar-refractivity contribution is 9.10. The minimum atomic E-state index is -0.406. The average molecular weight is 392 g/mol. The van der Waals surface area contributed by atoms with E-state index in [1.54, 1.807) is 18.2 Å². The van der Waals surface area contributed by atoms with Crippen molar-refractivity contribution in [1.82, 2.24) is 10.7 Å². The van der Waals surface area contributed by atoms with Gasteiger partial charge in [-0.15, -0.1) is 0 Å². The number of nitrogens with two attached hydrogens (primary N) is 1. The number of hydrazine groups is 1. The van der Waals surface area contributed by atoms with Gasteiger partial charge in [0.15, 0.2) is 6.61 Å². The van der Waals surface area contributed by atoms with E-state index in [1.165, 1.54) is 0 Å². The van der Waals surface area contributed by atoms with E-state index >= 15 is 0 Å². The summed E-state index contributed by atoms with van der Waals surface area (Å²) < 4.78 is 6.04. The van der Waals surface area contributed by atoms with Crippen LogP contribution in [0.5, 0.6) is 5.75 Å². The molecule has 24 heavy (non-hydrogen) atoms. The van der Waals surface area contributed by atoms with Gasteiger partial charge in [0.2, 0.25) is 0 Å². The van der Waals surface area contributed by atoms with Gasteiger partial charge >= 0.3 is 0 Å². The van der Waals surface area contributed by atoms with Crippen LogP contribution in [0.2, 0.25) is 0 Å². The zero-order chi connectivity index (χ0) is 17.5. The number of nitrogen functional groups attached to an aromatic ring is 1. The fourth-order valence-electron chi connectivity index (χ4n) is 2.09. The lowest BCUT2D eigenvalue weighted by Gasteiger charge is -2.15. The molecule has 0 bridgehead atoms. The van der Waals surface area contributed by atoms with Crippen LogP contribution in [-0.4, -0.2) is 18.4 Å². The first-order valence-corrected chi connectivity index (χ1v) is 8.08. The Hall–Kier alpha value is -2.38. The Bertz CT molecular complexity index is 722. The summed E-state index contributed by atoms with van der Waals surface area (Å²) in [5, 5.41) is 2.86. The predicted octanol–water partition coefficient (Wildman–Crippen LogP) is 2.31. The Labute approximate surface area is 148 Å². The molecular weight excluding hydrogens is 374 g/mol. The average Bonchev–Trinajstić information content (AvgIpc) is 2.60. The summed E-state index contributed by atoms with van der Waals surface area (Å²) in [5.41, 5.74) is 3.46. The fourth-order valence-corrected chi connectivity index (χ4v) is 2.59. The molecule has 6 nitrogen and oxygen atoms in total. The second-order valence-electron chi connectivity index (χ2n) is 5.11. The van der Waals surface area contributed by atoms with Crippen molar-refractivity contribution in [1.29, 1.82) is 0 Å². The SMILES string of the molecule is CC(NC(=O)COc1ccc(C(=O)NN)cc1Br)c1ccccc1. The minimum absolute atomic E-state index is 0.110. The molecule has 0 saturated heterocycles. The van der Waals surface area contributed by atoms with E-state index < -0.39 is 5.91 Å². The molecule has 0 heterocycles. The second-order valence-corrected chi connectivity index (χ2v) is 5.96. The van der Waals surface area contributed by atoms with Crippen LogP contribution in [0.15, 0.2) is 53.0 Å². The number of carbonyl (C=O) groups excluding carboxylic acids is 2. The molecule has 2 aromatic carbocycles.